The first kappa shape index (κ1) is 22.1. The number of hydrogen-bond donors (Lipinski definition) is 2. The molecule has 1 unspecified atom stereocenters. The summed E-state index contributed by atoms with van der Waals surface area (Å²) in [6.45, 7) is 1.97. The molecule has 0 aliphatic carbocycles. The maximum absolute atomic E-state index is 12.6. The molecule has 0 saturated carbocycles. The van der Waals surface area contributed by atoms with Crippen LogP contribution in [-0.4, -0.2) is 54.3 Å². The van der Waals surface area contributed by atoms with Crippen LogP contribution in [0.5, 0.6) is 11.5 Å². The van der Waals surface area contributed by atoms with E-state index < -0.39 is 0 Å². The second-order valence-corrected chi connectivity index (χ2v) is 7.60. The van der Waals surface area contributed by atoms with Crippen LogP contribution < -0.4 is 20.1 Å². The molecule has 2 amide bonds. The van der Waals surface area contributed by atoms with Gasteiger partial charge >= 0.3 is 6.03 Å². The fourth-order valence-corrected chi connectivity index (χ4v) is 3.79. The Morgan fingerprint density at radius 1 is 1.03 bits per heavy atom. The molecule has 3 aromatic rings. The molecule has 2 aromatic carbocycles. The lowest BCUT2D eigenvalue weighted by Crippen LogP contribution is -2.41. The Bertz CT molecular complexity index is 1160. The number of amides is 2. The fourth-order valence-electron chi connectivity index (χ4n) is 3.79. The number of hydrazone groups is 1. The lowest BCUT2D eigenvalue weighted by atomic mass is 9.94. The van der Waals surface area contributed by atoms with Crippen LogP contribution in [-0.2, 0) is 6.42 Å². The van der Waals surface area contributed by atoms with Crippen molar-refractivity contribution in [1.29, 1.82) is 0 Å². The van der Waals surface area contributed by atoms with Crippen LogP contribution in [0.2, 0.25) is 0 Å². The zero-order valence-electron chi connectivity index (χ0n) is 19.0. The van der Waals surface area contributed by atoms with E-state index in [0.717, 1.165) is 28.1 Å². The highest BCUT2D eigenvalue weighted by molar-refractivity contribution is 6.14. The van der Waals surface area contributed by atoms with Gasteiger partial charge in [-0.05, 0) is 49.2 Å². The van der Waals surface area contributed by atoms with Gasteiger partial charge in [-0.15, -0.1) is 0 Å². The van der Waals surface area contributed by atoms with Gasteiger partial charge in [0, 0.05) is 23.9 Å². The Labute approximate surface area is 192 Å². The number of hydrogen-bond acceptors (Lipinski definition) is 7. The number of aromatic nitrogens is 2. The fraction of sp³-hybridized carbons (Fsp3) is 0.250. The Kier molecular flexibility index (Phi) is 6.39. The molecule has 2 N–H and O–H groups in total. The molecule has 0 spiro atoms. The first-order valence-electron chi connectivity index (χ1n) is 10.5. The first-order valence-corrected chi connectivity index (χ1v) is 10.5. The van der Waals surface area contributed by atoms with Gasteiger partial charge in [-0.2, -0.15) is 15.3 Å². The van der Waals surface area contributed by atoms with E-state index in [1.807, 2.05) is 49.4 Å². The minimum Gasteiger partial charge on any atom is -0.493 e. The van der Waals surface area contributed by atoms with Gasteiger partial charge in [-0.1, -0.05) is 12.1 Å². The second kappa shape index (κ2) is 9.56. The molecule has 9 nitrogen and oxygen atoms in total. The third kappa shape index (κ3) is 4.57. The van der Waals surface area contributed by atoms with Gasteiger partial charge in [0.2, 0.25) is 0 Å². The van der Waals surface area contributed by atoms with Gasteiger partial charge in [0.25, 0.3) is 0 Å². The molecule has 4 rings (SSSR count). The minimum absolute atomic E-state index is 0.153. The third-order valence-electron chi connectivity index (χ3n) is 5.46. The predicted molar refractivity (Wildman–Crippen MR) is 126 cm³/mol. The highest BCUT2D eigenvalue weighted by Gasteiger charge is 2.28. The molecule has 1 atom stereocenters. The molecule has 0 radical (unpaired) electrons. The van der Waals surface area contributed by atoms with Crippen LogP contribution in [0.3, 0.4) is 0 Å². The smallest absolute Gasteiger partial charge is 0.337 e. The van der Waals surface area contributed by atoms with E-state index >= 15 is 0 Å². The molecular formula is C24H26N6O3. The van der Waals surface area contributed by atoms with Crippen LogP contribution in [0.4, 0.5) is 16.2 Å². The van der Waals surface area contributed by atoms with E-state index in [9.17, 15) is 4.79 Å². The number of benzene rings is 2. The zero-order valence-corrected chi connectivity index (χ0v) is 19.0. The van der Waals surface area contributed by atoms with Crippen molar-refractivity contribution in [2.45, 2.75) is 19.4 Å². The van der Waals surface area contributed by atoms with Crippen LogP contribution in [0.1, 0.15) is 23.6 Å². The maximum atomic E-state index is 12.6. The summed E-state index contributed by atoms with van der Waals surface area (Å²) in [5, 5.41) is 19.9. The molecule has 1 aromatic heterocycles. The van der Waals surface area contributed by atoms with Crippen molar-refractivity contribution in [2.75, 3.05) is 26.6 Å². The van der Waals surface area contributed by atoms with E-state index in [-0.39, 0.29) is 12.1 Å². The highest BCUT2D eigenvalue weighted by atomic mass is 16.5. The van der Waals surface area contributed by atoms with Gasteiger partial charge < -0.3 is 20.1 Å². The Hall–Kier alpha value is -4.14. The number of nitrogens with one attached hydrogen (secondary N) is 2. The summed E-state index contributed by atoms with van der Waals surface area (Å²) in [5.74, 6) is 1.25. The van der Waals surface area contributed by atoms with Crippen molar-refractivity contribution >= 4 is 23.1 Å². The van der Waals surface area contributed by atoms with E-state index in [0.29, 0.717) is 23.6 Å². The average Bonchev–Trinajstić information content (AvgIpc) is 2.99. The van der Waals surface area contributed by atoms with Gasteiger partial charge in [0.05, 0.1) is 44.1 Å². The number of rotatable bonds is 5. The molecule has 1 aliphatic heterocycles. The topological polar surface area (TPSA) is 101 Å². The number of ether oxygens (including phenoxy) is 2. The summed E-state index contributed by atoms with van der Waals surface area (Å²) in [6, 6.07) is 13.1. The molecule has 0 saturated heterocycles. The SMILES string of the molecule is CNC(=O)N1N=C(c2ccc(Nc3ccnnc3)cc2)c2cc(OC)c(OC)cc2CC1C. The van der Waals surface area contributed by atoms with E-state index in [1.54, 1.807) is 33.7 Å². The van der Waals surface area contributed by atoms with E-state index in [4.69, 9.17) is 14.6 Å². The van der Waals surface area contributed by atoms with Gasteiger partial charge in [0.1, 0.15) is 0 Å². The molecule has 9 heteroatoms. The number of methoxy groups -OCH3 is 2. The van der Waals surface area contributed by atoms with Crippen molar-refractivity contribution in [1.82, 2.24) is 20.5 Å². The molecule has 33 heavy (non-hydrogen) atoms. The lowest BCUT2D eigenvalue weighted by molar-refractivity contribution is 0.184. The van der Waals surface area contributed by atoms with Gasteiger partial charge in [0.15, 0.2) is 11.5 Å². The molecular weight excluding hydrogens is 420 g/mol. The number of carbonyl (C=O) groups excluding carboxylic acids is 1. The summed E-state index contributed by atoms with van der Waals surface area (Å²) in [4.78, 5) is 12.6. The number of fused-ring (bicyclic) bond motifs is 1. The number of urea groups is 1. The monoisotopic (exact) mass is 446 g/mol. The summed E-state index contributed by atoms with van der Waals surface area (Å²) >= 11 is 0. The number of anilines is 2. The van der Waals surface area contributed by atoms with Crippen molar-refractivity contribution in [2.24, 2.45) is 5.10 Å². The largest absolute Gasteiger partial charge is 0.493 e. The predicted octanol–water partition coefficient (Wildman–Crippen LogP) is 3.58. The summed E-state index contributed by atoms with van der Waals surface area (Å²) in [7, 11) is 4.81. The molecule has 1 aliphatic rings. The quantitative estimate of drug-likeness (QED) is 0.621. The normalized spacial score (nSPS) is 15.1. The molecule has 170 valence electrons. The summed E-state index contributed by atoms with van der Waals surface area (Å²) in [5.41, 5.74) is 5.19. The minimum atomic E-state index is -0.268. The standard InChI is InChI=1S/C24H26N6O3/c1-15-11-17-12-21(32-3)22(33-4)13-20(17)23(29-30(15)24(31)25-2)16-5-7-18(8-6-16)28-19-9-10-26-27-14-19/h5-10,12-15H,11H2,1-4H3,(H,25,31)(H,26,28). The lowest BCUT2D eigenvalue weighted by Gasteiger charge is -2.22. The average molecular weight is 447 g/mol. The summed E-state index contributed by atoms with van der Waals surface area (Å²) < 4.78 is 11.1. The van der Waals surface area contributed by atoms with Crippen molar-refractivity contribution < 1.29 is 14.3 Å². The molecule has 0 fully saturated rings. The highest BCUT2D eigenvalue weighted by Crippen LogP contribution is 2.34. The second-order valence-electron chi connectivity index (χ2n) is 7.60. The van der Waals surface area contributed by atoms with E-state index in [1.165, 1.54) is 5.01 Å². The summed E-state index contributed by atoms with van der Waals surface area (Å²) in [6.07, 6.45) is 3.90. The van der Waals surface area contributed by atoms with Crippen molar-refractivity contribution in [3.63, 3.8) is 0 Å². The maximum Gasteiger partial charge on any atom is 0.337 e. The Balaban J connectivity index is 1.78. The third-order valence-corrected chi connectivity index (χ3v) is 5.46. The molecule has 0 bridgehead atoms. The zero-order chi connectivity index (χ0) is 23.4. The Morgan fingerprint density at radius 2 is 1.76 bits per heavy atom. The Morgan fingerprint density at radius 3 is 2.39 bits per heavy atom. The van der Waals surface area contributed by atoms with Gasteiger partial charge in [-0.3, -0.25) is 0 Å². The van der Waals surface area contributed by atoms with Gasteiger partial charge in [-0.25, -0.2) is 9.80 Å². The van der Waals surface area contributed by atoms with Crippen LogP contribution in [0.15, 0.2) is 60.0 Å². The van der Waals surface area contributed by atoms with Crippen LogP contribution in [0.25, 0.3) is 0 Å². The van der Waals surface area contributed by atoms with Crippen LogP contribution in [0, 0.1) is 0 Å². The number of carbonyl (C=O) groups is 1. The number of nitrogens with zero attached hydrogens (tertiary/aromatic N) is 4. The first-order chi connectivity index (χ1) is 16.0. The van der Waals surface area contributed by atoms with Crippen molar-refractivity contribution in [3.8, 4) is 11.5 Å². The molecule has 2 heterocycles. The van der Waals surface area contributed by atoms with Crippen LogP contribution >= 0.6 is 0 Å². The van der Waals surface area contributed by atoms with E-state index in [2.05, 4.69) is 20.8 Å². The van der Waals surface area contributed by atoms with Crippen molar-refractivity contribution in [3.05, 3.63) is 71.5 Å².